The van der Waals surface area contributed by atoms with Crippen LogP contribution >= 0.6 is 0 Å². The molecule has 58 heavy (non-hydrogen) atoms. The van der Waals surface area contributed by atoms with E-state index < -0.39 is 0 Å². The Morgan fingerprint density at radius 1 is 0.345 bits per heavy atom. The van der Waals surface area contributed by atoms with Gasteiger partial charge in [-0.2, -0.15) is 0 Å². The Morgan fingerprint density at radius 2 is 0.862 bits per heavy atom. The maximum absolute atomic E-state index is 2.48. The van der Waals surface area contributed by atoms with Gasteiger partial charge in [0.1, 0.15) is 0 Å². The van der Waals surface area contributed by atoms with Crippen molar-refractivity contribution < 1.29 is 0 Å². The van der Waals surface area contributed by atoms with Crippen molar-refractivity contribution in [2.45, 2.75) is 51.4 Å². The SMILES string of the molecule is CC1(C)CCC(C)(C)c2cc(-c3cccc(-n4c5ccc(-c6ccc7c(c6)c6ccccc6n7-c6ccccc6)cc5c5c(-c6ccccc6)cccc54)c3)ccc21. The highest BCUT2D eigenvalue weighted by atomic mass is 15.0. The minimum atomic E-state index is 0.153. The minimum Gasteiger partial charge on any atom is -0.309 e. The number of hydrogen-bond acceptors (Lipinski definition) is 0. The molecule has 2 heterocycles. The van der Waals surface area contributed by atoms with E-state index in [0.717, 1.165) is 0 Å². The third-order valence-corrected chi connectivity index (χ3v) is 13.2. The summed E-state index contributed by atoms with van der Waals surface area (Å²) in [6.07, 6.45) is 2.42. The van der Waals surface area contributed by atoms with Crippen molar-refractivity contribution >= 4 is 43.6 Å². The van der Waals surface area contributed by atoms with Gasteiger partial charge >= 0.3 is 0 Å². The Morgan fingerprint density at radius 3 is 1.64 bits per heavy atom. The first-order chi connectivity index (χ1) is 28.2. The quantitative estimate of drug-likeness (QED) is 0.166. The zero-order valence-corrected chi connectivity index (χ0v) is 33.6. The number of fused-ring (bicyclic) bond motifs is 7. The summed E-state index contributed by atoms with van der Waals surface area (Å²) in [7, 11) is 0. The highest BCUT2D eigenvalue weighted by molar-refractivity contribution is 6.17. The molecule has 11 rings (SSSR count). The number of nitrogens with zero attached hydrogens (tertiary/aromatic N) is 2. The van der Waals surface area contributed by atoms with Gasteiger partial charge in [0.2, 0.25) is 0 Å². The highest BCUT2D eigenvalue weighted by Crippen LogP contribution is 2.47. The molecule has 0 N–H and O–H groups in total. The summed E-state index contributed by atoms with van der Waals surface area (Å²) >= 11 is 0. The minimum absolute atomic E-state index is 0.153. The van der Waals surface area contributed by atoms with Gasteiger partial charge in [-0.25, -0.2) is 0 Å². The topological polar surface area (TPSA) is 9.86 Å². The molecule has 0 spiro atoms. The van der Waals surface area contributed by atoms with Crippen molar-refractivity contribution in [1.82, 2.24) is 9.13 Å². The van der Waals surface area contributed by atoms with E-state index in [0.29, 0.717) is 0 Å². The molecule has 2 aromatic heterocycles. The molecule has 0 aliphatic heterocycles. The molecule has 0 unspecified atom stereocenters. The number of benzene rings is 8. The molecule has 0 amide bonds. The van der Waals surface area contributed by atoms with Crippen LogP contribution in [0, 0.1) is 0 Å². The summed E-state index contributed by atoms with van der Waals surface area (Å²) < 4.78 is 4.86. The van der Waals surface area contributed by atoms with Gasteiger partial charge in [0.05, 0.1) is 22.1 Å². The molecular formula is C56H46N2. The largest absolute Gasteiger partial charge is 0.309 e. The molecule has 0 saturated heterocycles. The van der Waals surface area contributed by atoms with E-state index in [2.05, 4.69) is 219 Å². The van der Waals surface area contributed by atoms with Crippen molar-refractivity contribution in [2.75, 3.05) is 0 Å². The highest BCUT2D eigenvalue weighted by Gasteiger charge is 2.37. The monoisotopic (exact) mass is 746 g/mol. The first-order valence-corrected chi connectivity index (χ1v) is 20.7. The van der Waals surface area contributed by atoms with Gasteiger partial charge in [-0.3, -0.25) is 0 Å². The van der Waals surface area contributed by atoms with Crippen LogP contribution in [0.15, 0.2) is 182 Å². The normalized spacial score (nSPS) is 14.7. The maximum Gasteiger partial charge on any atom is 0.0547 e. The first kappa shape index (κ1) is 34.6. The van der Waals surface area contributed by atoms with Crippen molar-refractivity contribution in [3.8, 4) is 44.8 Å². The molecule has 0 fully saturated rings. The summed E-state index contributed by atoms with van der Waals surface area (Å²) in [5.74, 6) is 0. The van der Waals surface area contributed by atoms with Crippen molar-refractivity contribution in [3.05, 3.63) is 193 Å². The van der Waals surface area contributed by atoms with E-state index >= 15 is 0 Å². The average molecular weight is 747 g/mol. The van der Waals surface area contributed by atoms with Crippen molar-refractivity contribution in [1.29, 1.82) is 0 Å². The summed E-state index contributed by atoms with van der Waals surface area (Å²) in [5.41, 5.74) is 17.9. The second-order valence-corrected chi connectivity index (χ2v) is 17.6. The van der Waals surface area contributed by atoms with Crippen LogP contribution in [0.1, 0.15) is 51.7 Å². The lowest BCUT2D eigenvalue weighted by Crippen LogP contribution is -2.33. The van der Waals surface area contributed by atoms with E-state index in [1.54, 1.807) is 0 Å². The molecule has 0 saturated carbocycles. The third kappa shape index (κ3) is 5.39. The molecule has 1 aliphatic rings. The Bertz CT molecular complexity index is 3210. The Kier molecular flexibility index (Phi) is 7.72. The fourth-order valence-electron chi connectivity index (χ4n) is 9.99. The summed E-state index contributed by atoms with van der Waals surface area (Å²) in [6.45, 7) is 9.64. The van der Waals surface area contributed by atoms with Gasteiger partial charge in [-0.15, -0.1) is 0 Å². The summed E-state index contributed by atoms with van der Waals surface area (Å²) in [6, 6.07) is 67.6. The van der Waals surface area contributed by atoms with Gasteiger partial charge in [0.25, 0.3) is 0 Å². The van der Waals surface area contributed by atoms with Crippen molar-refractivity contribution in [2.24, 2.45) is 0 Å². The van der Waals surface area contributed by atoms with Crippen LogP contribution in [0.4, 0.5) is 0 Å². The molecule has 280 valence electrons. The molecule has 0 radical (unpaired) electrons. The zero-order chi connectivity index (χ0) is 39.2. The summed E-state index contributed by atoms with van der Waals surface area (Å²) in [4.78, 5) is 0. The smallest absolute Gasteiger partial charge is 0.0547 e. The van der Waals surface area contributed by atoms with Gasteiger partial charge in [-0.05, 0) is 129 Å². The molecule has 1 aliphatic carbocycles. The molecule has 0 bridgehead atoms. The van der Waals surface area contributed by atoms with Crippen LogP contribution in [0.25, 0.3) is 88.4 Å². The van der Waals surface area contributed by atoms with Gasteiger partial charge in [-0.1, -0.05) is 149 Å². The Labute approximate surface area is 340 Å². The molecular weight excluding hydrogens is 701 g/mol. The average Bonchev–Trinajstić information content (AvgIpc) is 3.78. The van der Waals surface area contributed by atoms with Crippen LogP contribution in [0.2, 0.25) is 0 Å². The fraction of sp³-hybridized carbons (Fsp3) is 0.143. The van der Waals surface area contributed by atoms with Crippen LogP contribution in [-0.2, 0) is 10.8 Å². The second-order valence-electron chi connectivity index (χ2n) is 17.6. The van der Waals surface area contributed by atoms with E-state index in [1.165, 1.54) is 112 Å². The van der Waals surface area contributed by atoms with Gasteiger partial charge < -0.3 is 9.13 Å². The van der Waals surface area contributed by atoms with Crippen LogP contribution in [0.5, 0.6) is 0 Å². The van der Waals surface area contributed by atoms with E-state index in [1.807, 2.05) is 0 Å². The van der Waals surface area contributed by atoms with Crippen LogP contribution in [-0.4, -0.2) is 9.13 Å². The van der Waals surface area contributed by atoms with Crippen LogP contribution in [0.3, 0.4) is 0 Å². The molecule has 2 heteroatoms. The van der Waals surface area contributed by atoms with Gasteiger partial charge in [0, 0.05) is 32.9 Å². The number of aromatic nitrogens is 2. The molecule has 0 atom stereocenters. The maximum atomic E-state index is 2.48. The lowest BCUT2D eigenvalue weighted by Gasteiger charge is -2.42. The zero-order valence-electron chi connectivity index (χ0n) is 33.6. The first-order valence-electron chi connectivity index (χ1n) is 20.7. The Hall–Kier alpha value is -6.64. The third-order valence-electron chi connectivity index (χ3n) is 13.2. The molecule has 8 aromatic carbocycles. The summed E-state index contributed by atoms with van der Waals surface area (Å²) in [5, 5.41) is 5.05. The van der Waals surface area contributed by atoms with E-state index in [-0.39, 0.29) is 10.8 Å². The predicted octanol–water partition coefficient (Wildman–Crippen LogP) is 15.2. The van der Waals surface area contributed by atoms with Gasteiger partial charge in [0.15, 0.2) is 0 Å². The number of para-hydroxylation sites is 2. The fourth-order valence-corrected chi connectivity index (χ4v) is 9.99. The van der Waals surface area contributed by atoms with E-state index in [9.17, 15) is 0 Å². The molecule has 2 nitrogen and oxygen atoms in total. The van der Waals surface area contributed by atoms with Crippen molar-refractivity contribution in [3.63, 3.8) is 0 Å². The van der Waals surface area contributed by atoms with Crippen LogP contribution < -0.4 is 0 Å². The second kappa shape index (κ2) is 12.9. The molecule has 10 aromatic rings. The predicted molar refractivity (Wildman–Crippen MR) is 247 cm³/mol. The number of hydrogen-bond donors (Lipinski definition) is 0. The standard InChI is InChI=1S/C56H46N2/c1-55(2)31-32-56(3,4)49-36-41(25-28-48(49)55)38-17-13-20-43(33-38)58-52-30-27-40(35-47(52)54-44(22-14-24-53(54)58)37-15-7-5-8-16-37)39-26-29-51-46(34-39)45-21-11-12-23-50(45)57(51)42-18-9-6-10-19-42/h5-30,33-36H,31-32H2,1-4H3. The Balaban J connectivity index is 1.11. The lowest BCUT2D eigenvalue weighted by molar-refractivity contribution is 0.332. The van der Waals surface area contributed by atoms with E-state index in [4.69, 9.17) is 0 Å². The number of rotatable bonds is 5. The lowest BCUT2D eigenvalue weighted by atomic mass is 9.63.